The minimum absolute atomic E-state index is 0.0164. The highest BCUT2D eigenvalue weighted by Gasteiger charge is 2.27. The number of anilines is 1. The molecule has 1 aliphatic rings. The second kappa shape index (κ2) is 3.03. The zero-order chi connectivity index (χ0) is 12.2. The Bertz CT molecular complexity index is 641. The van der Waals surface area contributed by atoms with E-state index in [-0.39, 0.29) is 11.3 Å². The molecule has 2 aromatic rings. The normalized spacial score (nSPS) is 14.2. The van der Waals surface area contributed by atoms with E-state index in [2.05, 4.69) is 36.3 Å². The Hall–Kier alpha value is -1.97. The van der Waals surface area contributed by atoms with Crippen LogP contribution >= 0.6 is 0 Å². The number of hydrogen-bond donors (Lipinski definition) is 1. The Balaban J connectivity index is 2.45. The Labute approximate surface area is 99.1 Å². The number of carbonyl (C=O) groups excluding carboxylic acids is 1. The van der Waals surface area contributed by atoms with Gasteiger partial charge in [0.1, 0.15) is 0 Å². The molecule has 0 unspecified atom stereocenters. The van der Waals surface area contributed by atoms with Crippen molar-refractivity contribution in [1.82, 2.24) is 10.2 Å². The maximum absolute atomic E-state index is 11.7. The molecule has 0 spiro atoms. The molecule has 1 aromatic carbocycles. The van der Waals surface area contributed by atoms with Crippen molar-refractivity contribution in [2.75, 3.05) is 5.32 Å². The van der Waals surface area contributed by atoms with Gasteiger partial charge in [0, 0.05) is 5.39 Å². The molecule has 0 bridgehead atoms. The van der Waals surface area contributed by atoms with Crippen LogP contribution in [0.1, 0.15) is 36.7 Å². The lowest BCUT2D eigenvalue weighted by molar-refractivity contribution is 0.103. The highest BCUT2D eigenvalue weighted by molar-refractivity contribution is 6.23. The fraction of sp³-hybridized carbons (Fsp3) is 0.308. The average Bonchev–Trinajstić information content (AvgIpc) is 2.57. The second-order valence-corrected chi connectivity index (χ2v) is 5.35. The van der Waals surface area contributed by atoms with E-state index >= 15 is 0 Å². The van der Waals surface area contributed by atoms with E-state index in [1.54, 1.807) is 0 Å². The van der Waals surface area contributed by atoms with Crippen LogP contribution < -0.4 is 5.32 Å². The van der Waals surface area contributed by atoms with Crippen molar-refractivity contribution in [3.63, 3.8) is 0 Å². The fourth-order valence-corrected chi connectivity index (χ4v) is 2.25. The first-order valence-electron chi connectivity index (χ1n) is 5.59. The predicted molar refractivity (Wildman–Crippen MR) is 66.2 cm³/mol. The van der Waals surface area contributed by atoms with Gasteiger partial charge >= 0.3 is 0 Å². The summed E-state index contributed by atoms with van der Waals surface area (Å²) < 4.78 is 0. The molecule has 0 radical (unpaired) electrons. The van der Waals surface area contributed by atoms with Gasteiger partial charge in [-0.25, -0.2) is 0 Å². The van der Waals surface area contributed by atoms with Crippen molar-refractivity contribution in [2.24, 2.45) is 0 Å². The summed E-state index contributed by atoms with van der Waals surface area (Å²) in [5.41, 5.74) is 3.38. The summed E-state index contributed by atoms with van der Waals surface area (Å²) in [7, 11) is 0. The lowest BCUT2D eigenvalue weighted by Crippen LogP contribution is -2.12. The van der Waals surface area contributed by atoms with Crippen molar-refractivity contribution in [3.8, 4) is 0 Å². The molecule has 1 amide bonds. The van der Waals surface area contributed by atoms with Gasteiger partial charge in [-0.2, -0.15) is 10.2 Å². The van der Waals surface area contributed by atoms with Crippen LogP contribution in [-0.4, -0.2) is 16.1 Å². The molecular formula is C13H13N3O. The van der Waals surface area contributed by atoms with Crippen LogP contribution in [-0.2, 0) is 5.41 Å². The molecule has 1 N–H and O–H groups in total. The van der Waals surface area contributed by atoms with Crippen LogP contribution in [0.4, 0.5) is 5.69 Å². The van der Waals surface area contributed by atoms with Gasteiger partial charge < -0.3 is 5.32 Å². The molecule has 17 heavy (non-hydrogen) atoms. The third-order valence-electron chi connectivity index (χ3n) is 3.09. The molecule has 1 aliphatic heterocycles. The fourth-order valence-electron chi connectivity index (χ4n) is 2.25. The summed E-state index contributed by atoms with van der Waals surface area (Å²) in [5, 5.41) is 11.9. The van der Waals surface area contributed by atoms with Crippen LogP contribution in [0.3, 0.4) is 0 Å². The van der Waals surface area contributed by atoms with Gasteiger partial charge in [0.05, 0.1) is 23.0 Å². The summed E-state index contributed by atoms with van der Waals surface area (Å²) in [6.07, 6.45) is 1.53. The van der Waals surface area contributed by atoms with Crippen LogP contribution in [0.2, 0.25) is 0 Å². The lowest BCUT2D eigenvalue weighted by Gasteiger charge is -2.20. The van der Waals surface area contributed by atoms with E-state index in [1.807, 2.05) is 12.1 Å². The van der Waals surface area contributed by atoms with Gasteiger partial charge in [-0.15, -0.1) is 0 Å². The highest BCUT2D eigenvalue weighted by atomic mass is 16.1. The van der Waals surface area contributed by atoms with Crippen molar-refractivity contribution in [2.45, 2.75) is 26.2 Å². The van der Waals surface area contributed by atoms with E-state index in [1.165, 1.54) is 6.20 Å². The zero-order valence-electron chi connectivity index (χ0n) is 10.0. The van der Waals surface area contributed by atoms with Gasteiger partial charge in [0.2, 0.25) is 0 Å². The van der Waals surface area contributed by atoms with E-state index < -0.39 is 0 Å². The smallest absolute Gasteiger partial charge is 0.258 e. The number of nitrogens with zero attached hydrogens (tertiary/aromatic N) is 2. The molecule has 1 aromatic heterocycles. The van der Waals surface area contributed by atoms with Crippen LogP contribution in [0.5, 0.6) is 0 Å². The molecule has 4 heteroatoms. The molecule has 0 saturated heterocycles. The van der Waals surface area contributed by atoms with Gasteiger partial charge in [0.25, 0.3) is 5.91 Å². The summed E-state index contributed by atoms with van der Waals surface area (Å²) in [5.74, 6) is -0.0917. The number of amides is 1. The van der Waals surface area contributed by atoms with Crippen molar-refractivity contribution in [1.29, 1.82) is 0 Å². The first-order chi connectivity index (χ1) is 7.98. The summed E-state index contributed by atoms with van der Waals surface area (Å²) >= 11 is 0. The third-order valence-corrected chi connectivity index (χ3v) is 3.09. The van der Waals surface area contributed by atoms with E-state index in [9.17, 15) is 4.79 Å². The van der Waals surface area contributed by atoms with Gasteiger partial charge in [-0.1, -0.05) is 26.8 Å². The van der Waals surface area contributed by atoms with Gasteiger partial charge in [-0.05, 0) is 17.0 Å². The number of carbonyl (C=O) groups is 1. The highest BCUT2D eigenvalue weighted by Crippen LogP contribution is 2.37. The Kier molecular flexibility index (Phi) is 1.82. The second-order valence-electron chi connectivity index (χ2n) is 5.35. The quantitative estimate of drug-likeness (QED) is 0.752. The standard InChI is InChI=1S/C13H13N3O/c1-13(2,3)8-4-5-9-10-7(12(17)15-9)6-14-16-11(8)10/h4-6H,1-3H3,(H,15,17). The minimum atomic E-state index is -0.0917. The Morgan fingerprint density at radius 3 is 2.71 bits per heavy atom. The number of nitrogens with one attached hydrogen (secondary N) is 1. The van der Waals surface area contributed by atoms with Crippen molar-refractivity contribution < 1.29 is 4.79 Å². The van der Waals surface area contributed by atoms with Crippen LogP contribution in [0.25, 0.3) is 10.9 Å². The average molecular weight is 227 g/mol. The SMILES string of the molecule is CC(C)(C)c1ccc2c3c(cnnc13)C(=O)N2. The molecule has 0 atom stereocenters. The number of aromatic nitrogens is 2. The molecular weight excluding hydrogens is 214 g/mol. The zero-order valence-corrected chi connectivity index (χ0v) is 10.0. The van der Waals surface area contributed by atoms with Crippen LogP contribution in [0.15, 0.2) is 18.3 Å². The topological polar surface area (TPSA) is 54.9 Å². The first kappa shape index (κ1) is 10.2. The van der Waals surface area contributed by atoms with Gasteiger partial charge in [-0.3, -0.25) is 4.79 Å². The summed E-state index contributed by atoms with van der Waals surface area (Å²) in [6, 6.07) is 3.96. The molecule has 0 fully saturated rings. The molecule has 0 aliphatic carbocycles. The van der Waals surface area contributed by atoms with Crippen molar-refractivity contribution >= 4 is 22.5 Å². The molecule has 3 rings (SSSR count). The minimum Gasteiger partial charge on any atom is -0.321 e. The largest absolute Gasteiger partial charge is 0.321 e. The number of rotatable bonds is 0. The number of benzene rings is 1. The van der Waals surface area contributed by atoms with E-state index in [4.69, 9.17) is 0 Å². The maximum atomic E-state index is 11.7. The molecule has 2 heterocycles. The van der Waals surface area contributed by atoms with Gasteiger partial charge in [0.15, 0.2) is 0 Å². The third kappa shape index (κ3) is 1.33. The monoisotopic (exact) mass is 227 g/mol. The van der Waals surface area contributed by atoms with E-state index in [0.717, 1.165) is 22.2 Å². The maximum Gasteiger partial charge on any atom is 0.258 e. The summed E-state index contributed by atoms with van der Waals surface area (Å²) in [4.78, 5) is 11.7. The van der Waals surface area contributed by atoms with Crippen LogP contribution in [0, 0.1) is 0 Å². The number of hydrogen-bond acceptors (Lipinski definition) is 3. The Morgan fingerprint density at radius 2 is 2.00 bits per heavy atom. The van der Waals surface area contributed by atoms with Crippen molar-refractivity contribution in [3.05, 3.63) is 29.5 Å². The molecule has 4 nitrogen and oxygen atoms in total. The predicted octanol–water partition coefficient (Wildman–Crippen LogP) is 2.49. The molecule has 0 saturated carbocycles. The lowest BCUT2D eigenvalue weighted by atomic mass is 9.85. The Morgan fingerprint density at radius 1 is 1.24 bits per heavy atom. The van der Waals surface area contributed by atoms with E-state index in [0.29, 0.717) is 5.56 Å². The first-order valence-corrected chi connectivity index (χ1v) is 5.59. The molecule has 86 valence electrons. The summed E-state index contributed by atoms with van der Waals surface area (Å²) in [6.45, 7) is 6.38.